The molecule has 0 radical (unpaired) electrons. The highest BCUT2D eigenvalue weighted by Crippen LogP contribution is 2.36. The number of piperidine rings is 1. The van der Waals surface area contributed by atoms with Gasteiger partial charge in [0.05, 0.1) is 12.7 Å². The van der Waals surface area contributed by atoms with Crippen molar-refractivity contribution in [3.05, 3.63) is 100 Å². The third kappa shape index (κ3) is 6.48. The van der Waals surface area contributed by atoms with E-state index in [2.05, 4.69) is 10.0 Å². The van der Waals surface area contributed by atoms with Crippen LogP contribution in [0.4, 0.5) is 4.39 Å². The van der Waals surface area contributed by atoms with Gasteiger partial charge in [0.2, 0.25) is 0 Å². The zero-order valence-corrected chi connectivity index (χ0v) is 22.0. The van der Waals surface area contributed by atoms with Crippen molar-refractivity contribution in [3.8, 4) is 5.75 Å². The second-order valence-corrected chi connectivity index (χ2v) is 11.2. The molecule has 0 spiro atoms. The number of amides is 1. The Kier molecular flexibility index (Phi) is 8.49. The number of hydrogen-bond donors (Lipinski definition) is 2. The van der Waals surface area contributed by atoms with Crippen molar-refractivity contribution in [2.75, 3.05) is 26.7 Å². The summed E-state index contributed by atoms with van der Waals surface area (Å²) in [5, 5.41) is 3.45. The van der Waals surface area contributed by atoms with Gasteiger partial charge in [0.15, 0.2) is 0 Å². The number of rotatable bonds is 9. The number of nitrogens with one attached hydrogen (secondary N) is 2. The van der Waals surface area contributed by atoms with Gasteiger partial charge in [0.25, 0.3) is 16.1 Å². The topological polar surface area (TPSA) is 87.7 Å². The van der Waals surface area contributed by atoms with Crippen LogP contribution in [0.15, 0.2) is 72.8 Å². The first-order valence-electron chi connectivity index (χ1n) is 11.9. The average molecular weight is 546 g/mol. The molecule has 196 valence electrons. The number of methoxy groups -OCH3 is 1. The largest absolute Gasteiger partial charge is 0.496 e. The summed E-state index contributed by atoms with van der Waals surface area (Å²) in [6, 6.07) is 20.4. The van der Waals surface area contributed by atoms with Crippen LogP contribution in [0.25, 0.3) is 0 Å². The molecule has 1 fully saturated rings. The van der Waals surface area contributed by atoms with E-state index < -0.39 is 15.6 Å². The molecule has 3 aromatic rings. The van der Waals surface area contributed by atoms with Crippen LogP contribution in [0.2, 0.25) is 5.02 Å². The molecule has 1 aliphatic heterocycles. The smallest absolute Gasteiger partial charge is 0.279 e. The normalized spacial score (nSPS) is 15.8. The van der Waals surface area contributed by atoms with Gasteiger partial charge in [-0.05, 0) is 54.3 Å². The van der Waals surface area contributed by atoms with E-state index >= 15 is 0 Å². The molecule has 4 rings (SSSR count). The molecule has 1 aliphatic rings. The lowest BCUT2D eigenvalue weighted by Gasteiger charge is -2.42. The molecule has 2 N–H and O–H groups in total. The monoisotopic (exact) mass is 545 g/mol. The number of carbonyl (C=O) groups is 1. The standard InChI is InChI=1S/C27H29ClFN3O4S/c1-36-25-12-9-22(28)17-24(25)26(33)30-19-27(21-5-3-2-4-6-21)13-15-32(16-14-27)37(34,35)31-18-20-7-10-23(29)11-8-20/h2-12,17,31H,13-16,18-19H2,1H3,(H,30,33). The molecule has 1 saturated heterocycles. The number of hydrogen-bond acceptors (Lipinski definition) is 4. The summed E-state index contributed by atoms with van der Waals surface area (Å²) in [5.74, 6) is -0.268. The number of benzene rings is 3. The van der Waals surface area contributed by atoms with E-state index in [4.69, 9.17) is 16.3 Å². The lowest BCUT2D eigenvalue weighted by Crippen LogP contribution is -2.52. The summed E-state index contributed by atoms with van der Waals surface area (Å²) in [5.41, 5.74) is 1.58. The van der Waals surface area contributed by atoms with Crippen LogP contribution in [0.3, 0.4) is 0 Å². The second kappa shape index (κ2) is 11.6. The predicted molar refractivity (Wildman–Crippen MR) is 141 cm³/mol. The van der Waals surface area contributed by atoms with E-state index in [-0.39, 0.29) is 31.4 Å². The van der Waals surface area contributed by atoms with Crippen LogP contribution in [0, 0.1) is 5.82 Å². The molecule has 0 unspecified atom stereocenters. The maximum absolute atomic E-state index is 13.1. The Morgan fingerprint density at radius 2 is 1.73 bits per heavy atom. The first kappa shape index (κ1) is 27.1. The Labute approximate surface area is 221 Å². The van der Waals surface area contributed by atoms with Crippen molar-refractivity contribution in [2.45, 2.75) is 24.8 Å². The number of nitrogens with zero attached hydrogens (tertiary/aromatic N) is 1. The zero-order chi connectivity index (χ0) is 26.5. The van der Waals surface area contributed by atoms with E-state index in [9.17, 15) is 17.6 Å². The lowest BCUT2D eigenvalue weighted by molar-refractivity contribution is 0.0929. The molecule has 0 aromatic heterocycles. The summed E-state index contributed by atoms with van der Waals surface area (Å²) < 4.78 is 48.4. The first-order valence-corrected chi connectivity index (χ1v) is 13.7. The van der Waals surface area contributed by atoms with Gasteiger partial charge in [-0.3, -0.25) is 4.79 Å². The van der Waals surface area contributed by atoms with E-state index in [1.165, 1.54) is 23.5 Å². The van der Waals surface area contributed by atoms with E-state index in [1.54, 1.807) is 30.3 Å². The highest BCUT2D eigenvalue weighted by Gasteiger charge is 2.39. The van der Waals surface area contributed by atoms with E-state index in [0.717, 1.165) is 5.56 Å². The van der Waals surface area contributed by atoms with Crippen LogP contribution in [-0.4, -0.2) is 45.4 Å². The van der Waals surface area contributed by atoms with Crippen molar-refractivity contribution >= 4 is 27.7 Å². The van der Waals surface area contributed by atoms with Gasteiger partial charge in [-0.1, -0.05) is 54.1 Å². The van der Waals surface area contributed by atoms with Crippen LogP contribution < -0.4 is 14.8 Å². The van der Waals surface area contributed by atoms with Crippen molar-refractivity contribution in [1.29, 1.82) is 0 Å². The third-order valence-corrected chi connectivity index (χ3v) is 8.56. The van der Waals surface area contributed by atoms with Gasteiger partial charge in [-0.25, -0.2) is 4.39 Å². The van der Waals surface area contributed by atoms with Crippen molar-refractivity contribution < 1.29 is 22.3 Å². The fraction of sp³-hybridized carbons (Fsp3) is 0.296. The minimum absolute atomic E-state index is 0.0699. The van der Waals surface area contributed by atoms with Gasteiger partial charge in [-0.2, -0.15) is 17.4 Å². The van der Waals surface area contributed by atoms with E-state index in [1.807, 2.05) is 30.3 Å². The fourth-order valence-corrected chi connectivity index (χ4v) is 5.95. The summed E-state index contributed by atoms with van der Waals surface area (Å²) in [6.45, 7) is 0.955. The molecule has 0 bridgehead atoms. The van der Waals surface area contributed by atoms with Gasteiger partial charge in [0, 0.05) is 36.6 Å². The summed E-state index contributed by atoms with van der Waals surface area (Å²) >= 11 is 6.10. The maximum atomic E-state index is 13.1. The highest BCUT2D eigenvalue weighted by molar-refractivity contribution is 7.87. The maximum Gasteiger partial charge on any atom is 0.279 e. The van der Waals surface area contributed by atoms with Crippen LogP contribution in [-0.2, 0) is 22.2 Å². The summed E-state index contributed by atoms with van der Waals surface area (Å²) in [4.78, 5) is 13.1. The second-order valence-electron chi connectivity index (χ2n) is 9.03. The summed E-state index contributed by atoms with van der Waals surface area (Å²) in [6.07, 6.45) is 1.03. The Balaban J connectivity index is 1.46. The molecule has 1 amide bonds. The molecule has 0 atom stereocenters. The minimum atomic E-state index is -3.74. The molecule has 37 heavy (non-hydrogen) atoms. The van der Waals surface area contributed by atoms with Gasteiger partial charge >= 0.3 is 0 Å². The molecular formula is C27H29ClFN3O4S. The third-order valence-electron chi connectivity index (χ3n) is 6.77. The van der Waals surface area contributed by atoms with Gasteiger partial charge in [-0.15, -0.1) is 0 Å². The Hall–Kier alpha value is -2.98. The van der Waals surface area contributed by atoms with Crippen molar-refractivity contribution in [2.24, 2.45) is 0 Å². The predicted octanol–water partition coefficient (Wildman–Crippen LogP) is 4.29. The Bertz CT molecular complexity index is 1330. The van der Waals surface area contributed by atoms with Crippen molar-refractivity contribution in [1.82, 2.24) is 14.3 Å². The van der Waals surface area contributed by atoms with E-state index in [0.29, 0.717) is 41.3 Å². The molecule has 10 heteroatoms. The average Bonchev–Trinajstić information content (AvgIpc) is 2.92. The fourth-order valence-electron chi connectivity index (χ4n) is 4.58. The summed E-state index contributed by atoms with van der Waals surface area (Å²) in [7, 11) is -2.25. The van der Waals surface area contributed by atoms with Gasteiger partial charge in [0.1, 0.15) is 11.6 Å². The zero-order valence-electron chi connectivity index (χ0n) is 20.4. The minimum Gasteiger partial charge on any atom is -0.496 e. The molecule has 3 aromatic carbocycles. The SMILES string of the molecule is COc1ccc(Cl)cc1C(=O)NCC1(c2ccccc2)CCN(S(=O)(=O)NCc2ccc(F)cc2)CC1. The van der Waals surface area contributed by atoms with Crippen LogP contribution in [0.1, 0.15) is 34.3 Å². The highest BCUT2D eigenvalue weighted by atomic mass is 35.5. The lowest BCUT2D eigenvalue weighted by atomic mass is 9.73. The quantitative estimate of drug-likeness (QED) is 0.420. The van der Waals surface area contributed by atoms with Crippen molar-refractivity contribution in [3.63, 3.8) is 0 Å². The van der Waals surface area contributed by atoms with Gasteiger partial charge < -0.3 is 10.1 Å². The first-order chi connectivity index (χ1) is 17.7. The molecule has 1 heterocycles. The van der Waals surface area contributed by atoms with Crippen LogP contribution in [0.5, 0.6) is 5.75 Å². The Morgan fingerprint density at radius 3 is 2.38 bits per heavy atom. The Morgan fingerprint density at radius 1 is 1.05 bits per heavy atom. The number of halogens is 2. The molecule has 0 saturated carbocycles. The number of ether oxygens (including phenoxy) is 1. The van der Waals surface area contributed by atoms with Crippen LogP contribution >= 0.6 is 11.6 Å². The molecule has 7 nitrogen and oxygen atoms in total. The number of carbonyl (C=O) groups excluding carboxylic acids is 1. The molecular weight excluding hydrogens is 517 g/mol. The molecule has 0 aliphatic carbocycles.